The lowest BCUT2D eigenvalue weighted by Gasteiger charge is -2.10. The highest BCUT2D eigenvalue weighted by atomic mass is 32.1. The zero-order chi connectivity index (χ0) is 12.5. The zero-order valence-corrected chi connectivity index (χ0v) is 9.14. The molecule has 0 bridgehead atoms. The van der Waals surface area contributed by atoms with Crippen LogP contribution < -0.4 is 4.94 Å². The van der Waals surface area contributed by atoms with E-state index in [4.69, 9.17) is 0 Å². The molecule has 0 atom stereocenters. The highest BCUT2D eigenvalue weighted by Crippen LogP contribution is 2.32. The molecule has 0 aliphatic heterocycles. The smallest absolute Gasteiger partial charge is 0.398 e. The van der Waals surface area contributed by atoms with E-state index in [-0.39, 0.29) is 17.9 Å². The fourth-order valence-electron chi connectivity index (χ4n) is 1.40. The number of rotatable bonds is 2. The van der Waals surface area contributed by atoms with Crippen molar-refractivity contribution in [3.05, 3.63) is 51.0 Å². The minimum Gasteiger partial charge on any atom is -0.398 e. The van der Waals surface area contributed by atoms with Gasteiger partial charge in [-0.05, 0) is 11.6 Å². The molecule has 0 radical (unpaired) electrons. The molecule has 17 heavy (non-hydrogen) atoms. The van der Waals surface area contributed by atoms with Crippen LogP contribution in [0.2, 0.25) is 0 Å². The molecule has 0 fully saturated rings. The van der Waals surface area contributed by atoms with Crippen molar-refractivity contribution in [3.63, 3.8) is 0 Å². The molecule has 1 aromatic heterocycles. The fraction of sp³-hybridized carbons (Fsp3) is 0.200. The molecule has 1 aromatic carbocycles. The van der Waals surface area contributed by atoms with Crippen molar-refractivity contribution < 1.29 is 17.6 Å². The van der Waals surface area contributed by atoms with E-state index in [1.54, 1.807) is 0 Å². The molecule has 2 aromatic rings. The lowest BCUT2D eigenvalue weighted by Crippen LogP contribution is -2.09. The van der Waals surface area contributed by atoms with Gasteiger partial charge in [-0.15, -0.1) is 0 Å². The first kappa shape index (κ1) is 11.8. The molecule has 3 nitrogen and oxygen atoms in total. The topological polar surface area (TPSA) is 43.1 Å². The lowest BCUT2D eigenvalue weighted by atomic mass is 10.0. The largest absolute Gasteiger partial charge is 0.416 e. The summed E-state index contributed by atoms with van der Waals surface area (Å²) in [6, 6.07) is 5.13. The summed E-state index contributed by atoms with van der Waals surface area (Å²) < 4.78 is 46.2. The van der Waals surface area contributed by atoms with E-state index in [0.717, 1.165) is 6.07 Å². The maximum atomic E-state index is 12.6. The zero-order valence-electron chi connectivity index (χ0n) is 8.32. The van der Waals surface area contributed by atoms with Crippen LogP contribution in [0.4, 0.5) is 13.2 Å². The van der Waals surface area contributed by atoms with Gasteiger partial charge in [0.15, 0.2) is 0 Å². The minimum atomic E-state index is -4.42. The second-order valence-electron chi connectivity index (χ2n) is 3.26. The van der Waals surface area contributed by atoms with E-state index in [9.17, 15) is 18.0 Å². The Balaban J connectivity index is 2.36. The first-order valence-corrected chi connectivity index (χ1v) is 5.35. The summed E-state index contributed by atoms with van der Waals surface area (Å²) in [6.07, 6.45) is -4.57. The van der Waals surface area contributed by atoms with Crippen LogP contribution in [0.5, 0.6) is 0 Å². The normalized spacial score (nSPS) is 11.7. The van der Waals surface area contributed by atoms with Gasteiger partial charge < -0.3 is 4.42 Å². The number of halogens is 3. The summed E-state index contributed by atoms with van der Waals surface area (Å²) in [4.78, 5) is 10.1. The first-order valence-electron chi connectivity index (χ1n) is 4.57. The second-order valence-corrected chi connectivity index (χ2v) is 3.96. The van der Waals surface area contributed by atoms with E-state index >= 15 is 0 Å². The Morgan fingerprint density at radius 3 is 2.59 bits per heavy atom. The third-order valence-corrected chi connectivity index (χ3v) is 2.61. The summed E-state index contributed by atoms with van der Waals surface area (Å²) in [5.41, 5.74) is -0.704. The Bertz CT molecular complexity index is 573. The predicted octanol–water partition coefficient (Wildman–Crippen LogP) is 2.71. The average Bonchev–Trinajstić information content (AvgIpc) is 2.63. The Hall–Kier alpha value is -1.63. The Morgan fingerprint density at radius 2 is 2.00 bits per heavy atom. The van der Waals surface area contributed by atoms with Crippen molar-refractivity contribution in [2.75, 3.05) is 0 Å². The fourth-order valence-corrected chi connectivity index (χ4v) is 1.82. The van der Waals surface area contributed by atoms with Gasteiger partial charge in [0.05, 0.1) is 12.0 Å². The van der Waals surface area contributed by atoms with Gasteiger partial charge in [-0.2, -0.15) is 17.5 Å². The van der Waals surface area contributed by atoms with Crippen LogP contribution in [-0.2, 0) is 12.6 Å². The molecule has 0 aliphatic rings. The molecule has 0 amide bonds. The maximum Gasteiger partial charge on any atom is 0.416 e. The third kappa shape index (κ3) is 2.73. The van der Waals surface area contributed by atoms with Crippen LogP contribution in [0.25, 0.3) is 0 Å². The lowest BCUT2D eigenvalue weighted by molar-refractivity contribution is -0.138. The molecule has 0 saturated heterocycles. The van der Waals surface area contributed by atoms with Crippen molar-refractivity contribution in [1.82, 2.24) is 4.37 Å². The second kappa shape index (κ2) is 4.33. The quantitative estimate of drug-likeness (QED) is 0.834. The third-order valence-electron chi connectivity index (χ3n) is 2.09. The van der Waals surface area contributed by atoms with Crippen molar-refractivity contribution in [2.24, 2.45) is 0 Å². The van der Waals surface area contributed by atoms with Crippen LogP contribution in [0.15, 0.2) is 33.5 Å². The molecule has 1 heterocycles. The molecular formula is C10H6F3NO2S. The van der Waals surface area contributed by atoms with Crippen LogP contribution in [-0.4, -0.2) is 4.37 Å². The van der Waals surface area contributed by atoms with Crippen LogP contribution in [0.3, 0.4) is 0 Å². The maximum absolute atomic E-state index is 12.6. The number of hydrogen-bond donors (Lipinski definition) is 0. The molecular weight excluding hydrogens is 255 g/mol. The van der Waals surface area contributed by atoms with Crippen LogP contribution in [0.1, 0.15) is 17.0 Å². The van der Waals surface area contributed by atoms with Crippen molar-refractivity contribution in [3.8, 4) is 0 Å². The molecule has 7 heteroatoms. The average molecular weight is 261 g/mol. The van der Waals surface area contributed by atoms with Gasteiger partial charge in [0.25, 0.3) is 0 Å². The van der Waals surface area contributed by atoms with Gasteiger partial charge in [0.2, 0.25) is 5.89 Å². The first-order chi connectivity index (χ1) is 7.97. The highest BCUT2D eigenvalue weighted by molar-refractivity contribution is 7.02. The number of nitrogens with zero attached hydrogens (tertiary/aromatic N) is 1. The predicted molar refractivity (Wildman–Crippen MR) is 54.9 cm³/mol. The monoisotopic (exact) mass is 261 g/mol. The van der Waals surface area contributed by atoms with Gasteiger partial charge in [-0.1, -0.05) is 18.2 Å². The summed E-state index contributed by atoms with van der Waals surface area (Å²) in [7, 11) is 0. The number of hydrogen-bond acceptors (Lipinski definition) is 4. The molecule has 0 N–H and O–H groups in total. The standard InChI is InChI=1S/C10H6F3NO2S/c11-10(12,13)7-4-2-1-3-6(7)5-8-14-17-9(15)16-8/h1-4H,5H2. The molecule has 2 rings (SSSR count). The Morgan fingerprint density at radius 1 is 1.29 bits per heavy atom. The van der Waals surface area contributed by atoms with E-state index in [2.05, 4.69) is 8.79 Å². The van der Waals surface area contributed by atoms with E-state index < -0.39 is 16.7 Å². The van der Waals surface area contributed by atoms with Crippen LogP contribution >= 0.6 is 11.5 Å². The molecule has 0 saturated carbocycles. The van der Waals surface area contributed by atoms with Gasteiger partial charge >= 0.3 is 11.1 Å². The molecule has 0 aliphatic carbocycles. The van der Waals surface area contributed by atoms with Gasteiger partial charge in [-0.25, -0.2) is 4.79 Å². The van der Waals surface area contributed by atoms with Crippen molar-refractivity contribution in [2.45, 2.75) is 12.6 Å². The highest BCUT2D eigenvalue weighted by Gasteiger charge is 2.33. The SMILES string of the molecule is O=c1oc(Cc2ccccc2C(F)(F)F)ns1. The Labute approximate surface area is 97.7 Å². The summed E-state index contributed by atoms with van der Waals surface area (Å²) in [5, 5.41) is 0. The number of aromatic nitrogens is 1. The van der Waals surface area contributed by atoms with Gasteiger partial charge in [-0.3, -0.25) is 0 Å². The summed E-state index contributed by atoms with van der Waals surface area (Å²) >= 11 is 0.584. The summed E-state index contributed by atoms with van der Waals surface area (Å²) in [5.74, 6) is -0.00306. The van der Waals surface area contributed by atoms with Gasteiger partial charge in [0, 0.05) is 11.5 Å². The van der Waals surface area contributed by atoms with Crippen molar-refractivity contribution >= 4 is 11.5 Å². The molecule has 90 valence electrons. The molecule has 0 unspecified atom stereocenters. The van der Waals surface area contributed by atoms with E-state index in [1.807, 2.05) is 0 Å². The summed E-state index contributed by atoms with van der Waals surface area (Å²) in [6.45, 7) is 0. The van der Waals surface area contributed by atoms with Gasteiger partial charge in [0.1, 0.15) is 0 Å². The number of alkyl halides is 3. The molecule has 0 spiro atoms. The van der Waals surface area contributed by atoms with Crippen LogP contribution in [0, 0.1) is 0 Å². The van der Waals surface area contributed by atoms with Crippen molar-refractivity contribution in [1.29, 1.82) is 0 Å². The number of benzene rings is 1. The Kier molecular flexibility index (Phi) is 3.01. The minimum absolute atomic E-state index is 0.00306. The van der Waals surface area contributed by atoms with E-state index in [1.165, 1.54) is 18.2 Å². The van der Waals surface area contributed by atoms with E-state index in [0.29, 0.717) is 11.5 Å².